The summed E-state index contributed by atoms with van der Waals surface area (Å²) in [7, 11) is 0. The molecule has 0 aromatic heterocycles. The summed E-state index contributed by atoms with van der Waals surface area (Å²) < 4.78 is 1.42. The molecule has 228 valence electrons. The molecule has 0 saturated heterocycles. The van der Waals surface area contributed by atoms with E-state index in [1.54, 1.807) is 0 Å². The van der Waals surface area contributed by atoms with Gasteiger partial charge in [0.05, 0.1) is 0 Å². The van der Waals surface area contributed by atoms with Crippen molar-refractivity contribution in [1.82, 2.24) is 0 Å². The van der Waals surface area contributed by atoms with E-state index in [0.717, 1.165) is 0 Å². The van der Waals surface area contributed by atoms with Crippen LogP contribution in [0, 0.1) is 31.3 Å². The molecule has 6 rings (SSSR count). The van der Waals surface area contributed by atoms with Crippen LogP contribution in [0.5, 0.6) is 0 Å². The van der Waals surface area contributed by atoms with Gasteiger partial charge in [-0.05, 0) is 0 Å². The minimum atomic E-state index is 0. The van der Waals surface area contributed by atoms with E-state index in [2.05, 4.69) is 163 Å². The summed E-state index contributed by atoms with van der Waals surface area (Å²) in [5, 5.41) is 5.39. The molecular formula is C41H44Cl2Zr-2. The molecule has 0 nitrogen and oxygen atoms in total. The van der Waals surface area contributed by atoms with Crippen LogP contribution < -0.4 is 24.8 Å². The summed E-state index contributed by atoms with van der Waals surface area (Å²) in [6, 6.07) is 36.8. The van der Waals surface area contributed by atoms with Crippen molar-refractivity contribution in [3.63, 3.8) is 0 Å². The van der Waals surface area contributed by atoms with Crippen molar-refractivity contribution in [2.45, 2.75) is 60.8 Å². The molecule has 0 N–H and O–H groups in total. The summed E-state index contributed by atoms with van der Waals surface area (Å²) in [5.41, 5.74) is 7.06. The molecule has 0 bridgehead atoms. The van der Waals surface area contributed by atoms with Gasteiger partial charge in [-0.15, -0.1) is 39.7 Å². The van der Waals surface area contributed by atoms with E-state index >= 15 is 0 Å². The van der Waals surface area contributed by atoms with Gasteiger partial charge in [0, 0.05) is 0 Å². The Hall–Kier alpha value is -2.44. The van der Waals surface area contributed by atoms with E-state index < -0.39 is 0 Å². The fourth-order valence-corrected chi connectivity index (χ4v) is 5.90. The molecule has 0 heterocycles. The Kier molecular flexibility index (Phi) is 15.4. The first-order valence-electron chi connectivity index (χ1n) is 15.2. The normalized spacial score (nSPS) is 13.5. The molecule has 1 unspecified atom stereocenters. The summed E-state index contributed by atoms with van der Waals surface area (Å²) in [6.45, 7) is 13.3. The van der Waals surface area contributed by atoms with Crippen LogP contribution in [0.2, 0.25) is 0 Å². The molecule has 0 spiro atoms. The Labute approximate surface area is 293 Å². The number of hydrogen-bond acceptors (Lipinski definition) is 0. The number of halogens is 2. The monoisotopic (exact) mass is 696 g/mol. The molecule has 3 heteroatoms. The fraction of sp³-hybridized carbons (Fsp3) is 0.268. The Morgan fingerprint density at radius 2 is 1.18 bits per heavy atom. The van der Waals surface area contributed by atoms with Crippen molar-refractivity contribution in [1.29, 1.82) is 0 Å². The zero-order chi connectivity index (χ0) is 30.1. The Morgan fingerprint density at radius 3 is 1.59 bits per heavy atom. The van der Waals surface area contributed by atoms with Crippen LogP contribution in [0.4, 0.5) is 0 Å². The molecule has 0 saturated carbocycles. The second kappa shape index (κ2) is 17.9. The maximum atomic E-state index is 3.43. The van der Waals surface area contributed by atoms with E-state index in [1.807, 2.05) is 0 Å². The quantitative estimate of drug-likeness (QED) is 0.220. The molecule has 44 heavy (non-hydrogen) atoms. The van der Waals surface area contributed by atoms with Gasteiger partial charge in [0.2, 0.25) is 0 Å². The molecule has 0 amide bonds. The third-order valence-electron chi connectivity index (χ3n) is 7.77. The van der Waals surface area contributed by atoms with Crippen molar-refractivity contribution in [3.05, 3.63) is 149 Å². The second-order valence-corrected chi connectivity index (χ2v) is 13.6. The van der Waals surface area contributed by atoms with Crippen molar-refractivity contribution >= 4 is 24.8 Å². The minimum Gasteiger partial charge on any atom is -1.00 e. The molecule has 1 atom stereocenters. The first kappa shape index (κ1) is 37.7. The molecule has 0 fully saturated rings. The predicted octanol–water partition coefficient (Wildman–Crippen LogP) is 5.28. The van der Waals surface area contributed by atoms with Crippen molar-refractivity contribution in [2.24, 2.45) is 11.3 Å². The van der Waals surface area contributed by atoms with Crippen LogP contribution in [0.3, 0.4) is 0 Å². The zero-order valence-corrected chi connectivity index (χ0v) is 30.9. The number of hydrogen-bond donors (Lipinski definition) is 0. The molecule has 0 radical (unpaired) electrons. The van der Waals surface area contributed by atoms with E-state index in [1.165, 1.54) is 96.1 Å². The van der Waals surface area contributed by atoms with E-state index in [4.69, 9.17) is 0 Å². The molecular weight excluding hydrogens is 655 g/mol. The third kappa shape index (κ3) is 10.6. The van der Waals surface area contributed by atoms with Crippen LogP contribution in [0.1, 0.15) is 69.2 Å². The first-order chi connectivity index (χ1) is 20.2. The van der Waals surface area contributed by atoms with Crippen LogP contribution in [-0.2, 0) is 24.2 Å². The van der Waals surface area contributed by atoms with Gasteiger partial charge < -0.3 is 24.8 Å². The van der Waals surface area contributed by atoms with Gasteiger partial charge in [-0.3, -0.25) is 6.08 Å². The standard InChI is InChI=1S/C15H14.C13H9.C13H21.2ClH.Zr/c1-12-3-7-14(8-4-12)11-15-9-5-13(2)6-10-15;1-3-7-12-10(5-1)9-11-6-2-4-8-13(11)12;1-5-6-7-11-8-9-12(10-11)13(2,3)4;;;/h3-10H,1-2H3;1-9H;9-11H,5-7H2,1-4H3;2*1H;/q;2*-1;;;+2/p-2. The SMILES string of the molecule is CCCCC1[C-]=CC(C(C)(C)C)=C1.Cc1ccc([C](=[Zr+2])c2ccc(C)cc2)cc1.[Cl-].[Cl-].c1ccc2c(c1)[cH-]c1ccccc12. The Morgan fingerprint density at radius 1 is 0.727 bits per heavy atom. The van der Waals surface area contributed by atoms with Crippen LogP contribution in [0.25, 0.3) is 21.5 Å². The van der Waals surface area contributed by atoms with Gasteiger partial charge in [0.25, 0.3) is 0 Å². The van der Waals surface area contributed by atoms with Gasteiger partial charge in [-0.25, -0.2) is 6.08 Å². The van der Waals surface area contributed by atoms with Crippen molar-refractivity contribution < 1.29 is 49.0 Å². The van der Waals surface area contributed by atoms with E-state index in [0.29, 0.717) is 11.3 Å². The number of rotatable bonds is 5. The van der Waals surface area contributed by atoms with Crippen LogP contribution in [0.15, 0.2) is 121 Å². The summed E-state index contributed by atoms with van der Waals surface area (Å²) in [4.78, 5) is 0. The molecule has 1 aliphatic carbocycles. The second-order valence-electron chi connectivity index (χ2n) is 12.4. The third-order valence-corrected chi connectivity index (χ3v) is 9.19. The van der Waals surface area contributed by atoms with Gasteiger partial charge in [-0.2, -0.15) is 11.6 Å². The van der Waals surface area contributed by atoms with Gasteiger partial charge in [-0.1, -0.05) is 94.7 Å². The number of benzene rings is 4. The van der Waals surface area contributed by atoms with Crippen molar-refractivity contribution in [3.8, 4) is 0 Å². The number of allylic oxidation sites excluding steroid dienone is 4. The minimum absolute atomic E-state index is 0. The average molecular weight is 699 g/mol. The maximum Gasteiger partial charge on any atom is -0.0771 e. The fourth-order valence-electron chi connectivity index (χ4n) is 5.08. The summed E-state index contributed by atoms with van der Waals surface area (Å²) in [6.07, 6.45) is 11.9. The smallest absolute Gasteiger partial charge is 0.0771 e. The van der Waals surface area contributed by atoms with E-state index in [-0.39, 0.29) is 24.8 Å². The van der Waals surface area contributed by atoms with Crippen LogP contribution >= 0.6 is 0 Å². The number of aryl methyl sites for hydroxylation is 2. The summed E-state index contributed by atoms with van der Waals surface area (Å²) in [5.74, 6) is 0.592. The summed E-state index contributed by atoms with van der Waals surface area (Å²) >= 11 is 1.46. The Balaban J connectivity index is 0.000000227. The maximum absolute atomic E-state index is 3.43. The number of unbranched alkanes of at least 4 members (excludes halogenated alkanes) is 1. The first-order valence-corrected chi connectivity index (χ1v) is 16.5. The number of fused-ring (bicyclic) bond motifs is 3. The molecule has 5 aromatic rings. The Bertz CT molecular complexity index is 1560. The van der Waals surface area contributed by atoms with Crippen molar-refractivity contribution in [2.75, 3.05) is 0 Å². The van der Waals surface area contributed by atoms with Gasteiger partial charge in [0.15, 0.2) is 0 Å². The zero-order valence-electron chi connectivity index (χ0n) is 26.9. The van der Waals surface area contributed by atoms with Gasteiger partial charge >= 0.3 is 112 Å². The van der Waals surface area contributed by atoms with Gasteiger partial charge in [0.1, 0.15) is 0 Å². The largest absolute Gasteiger partial charge is 1.00 e. The van der Waals surface area contributed by atoms with Crippen LogP contribution in [-0.4, -0.2) is 3.21 Å². The van der Waals surface area contributed by atoms with E-state index in [9.17, 15) is 0 Å². The topological polar surface area (TPSA) is 0 Å². The molecule has 0 aliphatic heterocycles. The molecule has 5 aromatic carbocycles. The molecule has 1 aliphatic rings. The average Bonchev–Trinajstić information content (AvgIpc) is 3.63. The predicted molar refractivity (Wildman–Crippen MR) is 181 cm³/mol.